The first-order valence-corrected chi connectivity index (χ1v) is 14.7. The summed E-state index contributed by atoms with van der Waals surface area (Å²) < 4.78 is 1.84. The highest BCUT2D eigenvalue weighted by Crippen LogP contribution is 2.68. The van der Waals surface area contributed by atoms with Crippen molar-refractivity contribution in [2.24, 2.45) is 46.3 Å². The lowest BCUT2D eigenvalue weighted by Crippen LogP contribution is -2.58. The van der Waals surface area contributed by atoms with Crippen LogP contribution in [0, 0.1) is 46.3 Å². The second-order valence-corrected chi connectivity index (χ2v) is 13.6. The Hall–Kier alpha value is -1.65. The number of carbonyl (C=O) groups is 1. The van der Waals surface area contributed by atoms with E-state index in [1.54, 1.807) is 0 Å². The molecule has 0 radical (unpaired) electrons. The van der Waals surface area contributed by atoms with Gasteiger partial charge in [0, 0.05) is 18.0 Å². The summed E-state index contributed by atoms with van der Waals surface area (Å²) in [5.41, 5.74) is 1.55. The van der Waals surface area contributed by atoms with Gasteiger partial charge in [-0.1, -0.05) is 39.0 Å². The van der Waals surface area contributed by atoms with E-state index >= 15 is 0 Å². The molecule has 4 nitrogen and oxygen atoms in total. The SMILES string of the molecule is C[C@H](CCC(=O)n1ccc2ccccc21)[C@H]1CC[C@H]2[C@@H]3[C@@H](O)C[C@@H]4C[C@H](O)CC[C@]4(C)[C@H]3CC[C@]12C. The number of carbonyl (C=O) groups excluding carboxylic acids is 1. The first-order chi connectivity index (χ1) is 17.2. The molecule has 1 heterocycles. The number of hydrogen-bond donors (Lipinski definition) is 2. The topological polar surface area (TPSA) is 62.5 Å². The molecular formula is C32H45NO3. The van der Waals surface area contributed by atoms with Gasteiger partial charge in [-0.2, -0.15) is 0 Å². The number of para-hydroxylation sites is 1. The molecule has 1 aromatic carbocycles. The Labute approximate surface area is 216 Å². The third-order valence-electron chi connectivity index (χ3n) is 12.1. The average Bonchev–Trinajstić information content (AvgIpc) is 3.44. The molecule has 4 aliphatic carbocycles. The number of nitrogens with zero attached hydrogens (tertiary/aromatic N) is 1. The zero-order valence-electron chi connectivity index (χ0n) is 22.4. The van der Waals surface area contributed by atoms with Gasteiger partial charge in [0.1, 0.15) is 0 Å². The zero-order chi connectivity index (χ0) is 25.2. The number of benzene rings is 1. The number of hydrogen-bond acceptors (Lipinski definition) is 3. The molecule has 0 amide bonds. The van der Waals surface area contributed by atoms with E-state index in [0.717, 1.165) is 43.0 Å². The summed E-state index contributed by atoms with van der Waals surface area (Å²) in [5.74, 6) is 3.40. The fraction of sp³-hybridized carbons (Fsp3) is 0.719. The molecule has 0 unspecified atom stereocenters. The van der Waals surface area contributed by atoms with Gasteiger partial charge in [0.05, 0.1) is 17.7 Å². The fourth-order valence-electron chi connectivity index (χ4n) is 10.1. The van der Waals surface area contributed by atoms with Gasteiger partial charge in [-0.3, -0.25) is 9.36 Å². The lowest BCUT2D eigenvalue weighted by molar-refractivity contribution is -0.174. The maximum atomic E-state index is 13.1. The van der Waals surface area contributed by atoms with Gasteiger partial charge >= 0.3 is 0 Å². The van der Waals surface area contributed by atoms with Crippen LogP contribution in [0.1, 0.15) is 89.8 Å². The van der Waals surface area contributed by atoms with Gasteiger partial charge in [0.15, 0.2) is 0 Å². The van der Waals surface area contributed by atoms with Gasteiger partial charge in [-0.05, 0) is 116 Å². The van der Waals surface area contributed by atoms with Crippen LogP contribution in [0.2, 0.25) is 0 Å². The second kappa shape index (κ2) is 8.98. The molecule has 4 fully saturated rings. The van der Waals surface area contributed by atoms with Gasteiger partial charge in [-0.25, -0.2) is 0 Å². The van der Waals surface area contributed by atoms with Gasteiger partial charge in [-0.15, -0.1) is 0 Å². The van der Waals surface area contributed by atoms with Crippen LogP contribution in [0.5, 0.6) is 0 Å². The molecule has 4 heteroatoms. The number of aliphatic hydroxyl groups excluding tert-OH is 2. The normalized spacial score (nSPS) is 43.0. The number of aliphatic hydroxyl groups is 2. The van der Waals surface area contributed by atoms with E-state index in [-0.39, 0.29) is 28.9 Å². The van der Waals surface area contributed by atoms with E-state index in [2.05, 4.69) is 26.8 Å². The molecule has 1 aromatic heterocycles. The first-order valence-electron chi connectivity index (χ1n) is 14.7. The Balaban J connectivity index is 1.16. The van der Waals surface area contributed by atoms with E-state index in [1.165, 1.54) is 25.7 Å². The van der Waals surface area contributed by atoms with Crippen LogP contribution in [0.25, 0.3) is 10.9 Å². The predicted molar refractivity (Wildman–Crippen MR) is 144 cm³/mol. The van der Waals surface area contributed by atoms with Gasteiger partial charge in [0.2, 0.25) is 5.91 Å². The molecule has 4 aliphatic rings. The molecule has 4 saturated carbocycles. The van der Waals surface area contributed by atoms with Gasteiger partial charge in [0.25, 0.3) is 0 Å². The Morgan fingerprint density at radius 3 is 2.58 bits per heavy atom. The lowest BCUT2D eigenvalue weighted by Gasteiger charge is -2.62. The fourth-order valence-corrected chi connectivity index (χ4v) is 10.1. The van der Waals surface area contributed by atoms with Crippen molar-refractivity contribution in [1.29, 1.82) is 0 Å². The Morgan fingerprint density at radius 2 is 1.75 bits per heavy atom. The summed E-state index contributed by atoms with van der Waals surface area (Å²) in [7, 11) is 0. The maximum absolute atomic E-state index is 13.1. The highest BCUT2D eigenvalue weighted by atomic mass is 16.3. The van der Waals surface area contributed by atoms with E-state index < -0.39 is 0 Å². The molecule has 0 spiro atoms. The van der Waals surface area contributed by atoms with Crippen molar-refractivity contribution >= 4 is 16.8 Å². The third kappa shape index (κ3) is 3.73. The van der Waals surface area contributed by atoms with Crippen molar-refractivity contribution in [2.75, 3.05) is 0 Å². The van der Waals surface area contributed by atoms with Crippen molar-refractivity contribution in [3.63, 3.8) is 0 Å². The third-order valence-corrected chi connectivity index (χ3v) is 12.1. The molecule has 2 N–H and O–H groups in total. The molecular weight excluding hydrogens is 446 g/mol. The zero-order valence-corrected chi connectivity index (χ0v) is 22.4. The summed E-state index contributed by atoms with van der Waals surface area (Å²) >= 11 is 0. The highest BCUT2D eigenvalue weighted by molar-refractivity contribution is 5.92. The molecule has 0 bridgehead atoms. The molecule has 196 valence electrons. The minimum Gasteiger partial charge on any atom is -0.393 e. The number of aromatic nitrogens is 1. The minimum atomic E-state index is -0.222. The van der Waals surface area contributed by atoms with Crippen LogP contribution in [-0.4, -0.2) is 32.9 Å². The number of fused-ring (bicyclic) bond motifs is 6. The van der Waals surface area contributed by atoms with Crippen LogP contribution in [0.15, 0.2) is 36.5 Å². The Bertz CT molecular complexity index is 1120. The Kier molecular flexibility index (Phi) is 6.15. The summed E-state index contributed by atoms with van der Waals surface area (Å²) in [5, 5.41) is 22.9. The molecule has 0 aliphatic heterocycles. The average molecular weight is 492 g/mol. The van der Waals surface area contributed by atoms with Gasteiger partial charge < -0.3 is 10.2 Å². The maximum Gasteiger partial charge on any atom is 0.231 e. The largest absolute Gasteiger partial charge is 0.393 e. The van der Waals surface area contributed by atoms with E-state index in [1.807, 2.05) is 35.0 Å². The van der Waals surface area contributed by atoms with E-state index in [4.69, 9.17) is 0 Å². The summed E-state index contributed by atoms with van der Waals surface area (Å²) in [4.78, 5) is 13.1. The molecule has 2 aromatic rings. The molecule has 10 atom stereocenters. The van der Waals surface area contributed by atoms with Crippen molar-refractivity contribution in [3.05, 3.63) is 36.5 Å². The monoisotopic (exact) mass is 491 g/mol. The van der Waals surface area contributed by atoms with Crippen molar-refractivity contribution < 1.29 is 15.0 Å². The van der Waals surface area contributed by atoms with Crippen LogP contribution < -0.4 is 0 Å². The summed E-state index contributed by atoms with van der Waals surface area (Å²) in [6.45, 7) is 7.39. The Morgan fingerprint density at radius 1 is 1.00 bits per heavy atom. The van der Waals surface area contributed by atoms with Crippen LogP contribution in [0.4, 0.5) is 0 Å². The standard InChI is InChI=1S/C32H45NO3/c1-20(8-11-29(36)33-17-14-21-6-4-5-7-27(21)33)24-9-10-25-30-26(13-16-32(24,25)3)31(2)15-12-23(34)18-22(31)19-28(30)35/h4-7,14,17,20,22-26,28,30,34-35H,8-13,15-16,18-19H2,1-3H3/t20-,22+,23-,24-,25+,26+,28+,30+,31+,32-/m1/s1. The number of rotatable bonds is 4. The van der Waals surface area contributed by atoms with Crippen LogP contribution in [-0.2, 0) is 0 Å². The van der Waals surface area contributed by atoms with Crippen LogP contribution in [0.3, 0.4) is 0 Å². The van der Waals surface area contributed by atoms with E-state index in [9.17, 15) is 15.0 Å². The second-order valence-electron chi connectivity index (χ2n) is 13.6. The summed E-state index contributed by atoms with van der Waals surface area (Å²) in [6.07, 6.45) is 11.8. The summed E-state index contributed by atoms with van der Waals surface area (Å²) in [6, 6.07) is 10.2. The first kappa shape index (κ1) is 24.7. The minimum absolute atomic E-state index is 0.176. The quantitative estimate of drug-likeness (QED) is 0.501. The smallest absolute Gasteiger partial charge is 0.231 e. The van der Waals surface area contributed by atoms with Crippen LogP contribution >= 0.6 is 0 Å². The predicted octanol–water partition coefficient (Wildman–Crippen LogP) is 6.69. The van der Waals surface area contributed by atoms with E-state index in [0.29, 0.717) is 41.9 Å². The van der Waals surface area contributed by atoms with Crippen molar-refractivity contribution in [3.8, 4) is 0 Å². The highest BCUT2D eigenvalue weighted by Gasteiger charge is 2.62. The van der Waals surface area contributed by atoms with Crippen molar-refractivity contribution in [1.82, 2.24) is 4.57 Å². The molecule has 6 rings (SSSR count). The molecule has 36 heavy (non-hydrogen) atoms. The lowest BCUT2D eigenvalue weighted by atomic mass is 9.43. The van der Waals surface area contributed by atoms with Crippen molar-refractivity contribution in [2.45, 2.75) is 97.2 Å². The molecule has 0 saturated heterocycles.